The maximum atomic E-state index is 12.8. The molecule has 0 bridgehead atoms. The molecular formula is C18H21N7O2. The number of aryl methyl sites for hydroxylation is 1. The first-order valence-corrected chi connectivity index (χ1v) is 8.90. The second kappa shape index (κ2) is 6.49. The number of nitrogens with zero attached hydrogens (tertiary/aromatic N) is 4. The molecule has 9 heteroatoms. The fraction of sp³-hybridized carbons (Fsp3) is 0.389. The molecule has 2 aromatic rings. The minimum Gasteiger partial charge on any atom is -0.368 e. The molecule has 0 aromatic carbocycles. The highest BCUT2D eigenvalue weighted by molar-refractivity contribution is 6.07. The number of amides is 3. The van der Waals surface area contributed by atoms with Crippen molar-refractivity contribution < 1.29 is 9.59 Å². The molecule has 2 aliphatic rings. The van der Waals surface area contributed by atoms with Crippen LogP contribution in [0.5, 0.6) is 0 Å². The highest BCUT2D eigenvalue weighted by atomic mass is 16.2. The third kappa shape index (κ3) is 2.94. The number of carbonyl (C=O) groups excluding carboxylic acids is 2. The van der Waals surface area contributed by atoms with Crippen LogP contribution < -0.4 is 21.3 Å². The number of imide groups is 1. The van der Waals surface area contributed by atoms with Crippen LogP contribution >= 0.6 is 0 Å². The fourth-order valence-corrected chi connectivity index (χ4v) is 4.02. The quantitative estimate of drug-likeness (QED) is 0.682. The van der Waals surface area contributed by atoms with E-state index >= 15 is 0 Å². The van der Waals surface area contributed by atoms with E-state index in [-0.39, 0.29) is 17.8 Å². The predicted octanol–water partition coefficient (Wildman–Crippen LogP) is 0.714. The second-order valence-electron chi connectivity index (χ2n) is 6.92. The molecule has 4 N–H and O–H groups in total. The van der Waals surface area contributed by atoms with Crippen molar-refractivity contribution in [2.24, 2.45) is 5.92 Å². The van der Waals surface area contributed by atoms with Crippen LogP contribution in [0.3, 0.4) is 0 Å². The molecule has 0 radical (unpaired) electrons. The van der Waals surface area contributed by atoms with Gasteiger partial charge in [-0.05, 0) is 31.9 Å². The topological polar surface area (TPSA) is 126 Å². The van der Waals surface area contributed by atoms with Gasteiger partial charge in [0.25, 0.3) is 5.91 Å². The van der Waals surface area contributed by atoms with Gasteiger partial charge in [-0.1, -0.05) is 6.07 Å². The van der Waals surface area contributed by atoms with Crippen LogP contribution in [0.25, 0.3) is 0 Å². The number of carbonyl (C=O) groups is 2. The Labute approximate surface area is 156 Å². The van der Waals surface area contributed by atoms with Crippen LogP contribution in [-0.4, -0.2) is 40.0 Å². The Bertz CT molecular complexity index is 860. The van der Waals surface area contributed by atoms with Gasteiger partial charge in [0.2, 0.25) is 5.95 Å². The van der Waals surface area contributed by atoms with Gasteiger partial charge in [0.1, 0.15) is 5.82 Å². The summed E-state index contributed by atoms with van der Waals surface area (Å²) in [6, 6.07) is 6.81. The van der Waals surface area contributed by atoms with E-state index in [0.717, 1.165) is 11.5 Å². The summed E-state index contributed by atoms with van der Waals surface area (Å²) in [6.45, 7) is 3.26. The van der Waals surface area contributed by atoms with Gasteiger partial charge in [0, 0.05) is 37.0 Å². The summed E-state index contributed by atoms with van der Waals surface area (Å²) in [7, 11) is 0. The van der Waals surface area contributed by atoms with E-state index in [1.165, 1.54) is 0 Å². The van der Waals surface area contributed by atoms with Gasteiger partial charge in [-0.25, -0.2) is 9.78 Å². The number of nitrogen functional groups attached to an aromatic ring is 1. The molecule has 1 atom stereocenters. The maximum Gasteiger partial charge on any atom is 0.322 e. The summed E-state index contributed by atoms with van der Waals surface area (Å²) >= 11 is 0. The van der Waals surface area contributed by atoms with Gasteiger partial charge in [0.05, 0.1) is 5.69 Å². The molecule has 2 aromatic heterocycles. The van der Waals surface area contributed by atoms with E-state index in [4.69, 9.17) is 5.73 Å². The van der Waals surface area contributed by atoms with Crippen molar-refractivity contribution in [1.82, 2.24) is 25.6 Å². The Morgan fingerprint density at radius 1 is 1.22 bits per heavy atom. The molecule has 4 heterocycles. The lowest BCUT2D eigenvalue weighted by Crippen LogP contribution is -2.54. The number of pyridine rings is 1. The summed E-state index contributed by atoms with van der Waals surface area (Å²) in [6.07, 6.45) is 3.04. The van der Waals surface area contributed by atoms with Crippen molar-refractivity contribution in [1.29, 1.82) is 0 Å². The van der Waals surface area contributed by atoms with Crippen LogP contribution in [0.1, 0.15) is 24.2 Å². The SMILES string of the molecule is Cc1cc(N2CCC(C3(c4ccccn4)NC(=O)NC3=O)CC2)nc(N)n1. The highest BCUT2D eigenvalue weighted by Crippen LogP contribution is 2.38. The lowest BCUT2D eigenvalue weighted by Gasteiger charge is -2.40. The molecule has 0 aliphatic carbocycles. The molecule has 2 saturated heterocycles. The number of piperidine rings is 1. The fourth-order valence-electron chi connectivity index (χ4n) is 4.02. The van der Waals surface area contributed by atoms with Crippen molar-refractivity contribution >= 4 is 23.7 Å². The Morgan fingerprint density at radius 2 is 2.00 bits per heavy atom. The van der Waals surface area contributed by atoms with Gasteiger partial charge in [-0.2, -0.15) is 4.98 Å². The van der Waals surface area contributed by atoms with Crippen molar-refractivity contribution in [3.63, 3.8) is 0 Å². The predicted molar refractivity (Wildman–Crippen MR) is 98.7 cm³/mol. The van der Waals surface area contributed by atoms with E-state index in [1.807, 2.05) is 19.1 Å². The third-order valence-electron chi connectivity index (χ3n) is 5.25. The highest BCUT2D eigenvalue weighted by Gasteiger charge is 2.54. The van der Waals surface area contributed by atoms with Gasteiger partial charge in [-0.15, -0.1) is 0 Å². The van der Waals surface area contributed by atoms with Crippen LogP contribution in [0.2, 0.25) is 0 Å². The molecule has 140 valence electrons. The zero-order chi connectivity index (χ0) is 19.0. The zero-order valence-corrected chi connectivity index (χ0v) is 15.0. The average molecular weight is 367 g/mol. The van der Waals surface area contributed by atoms with Crippen molar-refractivity contribution in [3.8, 4) is 0 Å². The molecule has 2 fully saturated rings. The lowest BCUT2D eigenvalue weighted by atomic mass is 9.75. The van der Waals surface area contributed by atoms with Crippen LogP contribution in [0.4, 0.5) is 16.6 Å². The van der Waals surface area contributed by atoms with Gasteiger partial charge >= 0.3 is 6.03 Å². The maximum absolute atomic E-state index is 12.8. The lowest BCUT2D eigenvalue weighted by molar-refractivity contribution is -0.126. The first-order chi connectivity index (χ1) is 13.0. The van der Waals surface area contributed by atoms with E-state index in [9.17, 15) is 9.59 Å². The van der Waals surface area contributed by atoms with E-state index in [0.29, 0.717) is 31.6 Å². The summed E-state index contributed by atoms with van der Waals surface area (Å²) in [4.78, 5) is 39.6. The number of rotatable bonds is 3. The number of urea groups is 1. The number of hydrogen-bond donors (Lipinski definition) is 3. The van der Waals surface area contributed by atoms with E-state index < -0.39 is 11.6 Å². The van der Waals surface area contributed by atoms with Crippen LogP contribution in [0, 0.1) is 12.8 Å². The Hall–Kier alpha value is -3.23. The molecule has 1 unspecified atom stereocenters. The third-order valence-corrected chi connectivity index (χ3v) is 5.25. The first kappa shape index (κ1) is 17.2. The Kier molecular flexibility index (Phi) is 4.14. The second-order valence-corrected chi connectivity index (χ2v) is 6.92. The van der Waals surface area contributed by atoms with Crippen LogP contribution in [-0.2, 0) is 10.3 Å². The normalized spacial score (nSPS) is 23.2. The van der Waals surface area contributed by atoms with Gasteiger partial charge in [-0.3, -0.25) is 15.1 Å². The molecular weight excluding hydrogens is 346 g/mol. The summed E-state index contributed by atoms with van der Waals surface area (Å²) < 4.78 is 0. The number of hydrogen-bond acceptors (Lipinski definition) is 7. The largest absolute Gasteiger partial charge is 0.368 e. The van der Waals surface area contributed by atoms with Gasteiger partial charge < -0.3 is 16.0 Å². The summed E-state index contributed by atoms with van der Waals surface area (Å²) in [5, 5.41) is 5.23. The van der Waals surface area contributed by atoms with Crippen LogP contribution in [0.15, 0.2) is 30.5 Å². The molecule has 4 rings (SSSR count). The molecule has 9 nitrogen and oxygen atoms in total. The first-order valence-electron chi connectivity index (χ1n) is 8.90. The Balaban J connectivity index is 1.60. The zero-order valence-electron chi connectivity index (χ0n) is 15.0. The van der Waals surface area contributed by atoms with E-state index in [1.54, 1.807) is 18.3 Å². The van der Waals surface area contributed by atoms with E-state index in [2.05, 4.69) is 30.5 Å². The summed E-state index contributed by atoms with van der Waals surface area (Å²) in [5.74, 6) is 0.618. The smallest absolute Gasteiger partial charge is 0.322 e. The number of aromatic nitrogens is 3. The average Bonchev–Trinajstić information content (AvgIpc) is 2.97. The molecule has 27 heavy (non-hydrogen) atoms. The number of nitrogens with two attached hydrogens (primary N) is 1. The molecule has 0 spiro atoms. The number of nitrogens with one attached hydrogen (secondary N) is 2. The molecule has 2 aliphatic heterocycles. The van der Waals surface area contributed by atoms with Crippen molar-refractivity contribution in [2.75, 3.05) is 23.7 Å². The minimum atomic E-state index is -1.13. The minimum absolute atomic E-state index is 0.0737. The Morgan fingerprint density at radius 3 is 2.59 bits per heavy atom. The monoisotopic (exact) mass is 367 g/mol. The number of anilines is 2. The van der Waals surface area contributed by atoms with Gasteiger partial charge in [0.15, 0.2) is 5.54 Å². The van der Waals surface area contributed by atoms with Crippen molar-refractivity contribution in [2.45, 2.75) is 25.3 Å². The molecule has 3 amide bonds. The van der Waals surface area contributed by atoms with Crippen molar-refractivity contribution in [3.05, 3.63) is 41.9 Å². The molecule has 0 saturated carbocycles. The standard InChI is InChI=1S/C18H21N7O2/c1-11-10-14(22-16(19)21-11)25-8-5-12(6-9-25)18(13-4-2-3-7-20-13)15(26)23-17(27)24-18/h2-4,7,10,12H,5-6,8-9H2,1H3,(H2,19,21,22)(H2,23,24,26,27). The summed E-state index contributed by atoms with van der Waals surface area (Å²) in [5.41, 5.74) is 6.01.